The smallest absolute Gasteiger partial charge is 0.0718 e. The second-order valence-corrected chi connectivity index (χ2v) is 3.97. The van der Waals surface area contributed by atoms with Crippen LogP contribution in [0.15, 0.2) is 0 Å². The molecule has 2 heteroatoms. The third-order valence-electron chi connectivity index (χ3n) is 2.48. The van der Waals surface area contributed by atoms with Crippen molar-refractivity contribution >= 4 is 0 Å². The fourth-order valence-corrected chi connectivity index (χ4v) is 1.79. The molecule has 0 bridgehead atoms. The van der Waals surface area contributed by atoms with Crippen molar-refractivity contribution in [3.05, 3.63) is 0 Å². The fraction of sp³-hybridized carbons (Fsp3) is 1.00. The van der Waals surface area contributed by atoms with Gasteiger partial charge in [0.1, 0.15) is 0 Å². The van der Waals surface area contributed by atoms with Crippen LogP contribution in [0.3, 0.4) is 0 Å². The molecule has 2 N–H and O–H groups in total. The second-order valence-electron chi connectivity index (χ2n) is 3.97. The molecule has 11 heavy (non-hydrogen) atoms. The molecule has 0 aromatic carbocycles. The lowest BCUT2D eigenvalue weighted by Crippen LogP contribution is -2.41. The molecule has 1 aliphatic carbocycles. The van der Waals surface area contributed by atoms with Gasteiger partial charge in [-0.25, -0.2) is 0 Å². The Labute approximate surface area is 69.0 Å². The minimum atomic E-state index is -0.127. The number of aliphatic hydroxyl groups excluding tert-OH is 1. The maximum absolute atomic E-state index is 9.64. The van der Waals surface area contributed by atoms with Crippen molar-refractivity contribution in [3.63, 3.8) is 0 Å². The summed E-state index contributed by atoms with van der Waals surface area (Å²) in [5, 5.41) is 13.0. The van der Waals surface area contributed by atoms with Crippen LogP contribution in [0.25, 0.3) is 0 Å². The van der Waals surface area contributed by atoms with E-state index in [4.69, 9.17) is 0 Å². The van der Waals surface area contributed by atoms with E-state index >= 15 is 0 Å². The Morgan fingerprint density at radius 3 is 2.36 bits per heavy atom. The Bertz CT molecular complexity index is 125. The van der Waals surface area contributed by atoms with Gasteiger partial charge in [-0.05, 0) is 18.8 Å². The topological polar surface area (TPSA) is 32.3 Å². The molecule has 0 amide bonds. The molecule has 0 aromatic heterocycles. The molecule has 1 fully saturated rings. The highest BCUT2D eigenvalue weighted by molar-refractivity contribution is 4.87. The van der Waals surface area contributed by atoms with Gasteiger partial charge >= 0.3 is 0 Å². The van der Waals surface area contributed by atoms with Gasteiger partial charge in [-0.3, -0.25) is 0 Å². The minimum Gasteiger partial charge on any atom is -0.391 e. The molecule has 0 saturated heterocycles. The van der Waals surface area contributed by atoms with Crippen LogP contribution in [-0.2, 0) is 0 Å². The normalized spacial score (nSPS) is 38.5. The van der Waals surface area contributed by atoms with Crippen molar-refractivity contribution in [2.45, 2.75) is 51.8 Å². The van der Waals surface area contributed by atoms with Gasteiger partial charge in [0.15, 0.2) is 0 Å². The van der Waals surface area contributed by atoms with Gasteiger partial charge in [-0.15, -0.1) is 0 Å². The molecule has 0 spiro atoms. The quantitative estimate of drug-likeness (QED) is 0.630. The number of hydrogen-bond donors (Lipinski definition) is 2. The SMILES string of the molecule is CC(C)N[C@@H]1CC[C@H](C)[C@H]1O. The van der Waals surface area contributed by atoms with E-state index in [0.29, 0.717) is 18.0 Å². The Morgan fingerprint density at radius 2 is 2.00 bits per heavy atom. The van der Waals surface area contributed by atoms with E-state index in [0.717, 1.165) is 12.8 Å². The first kappa shape index (κ1) is 9.01. The van der Waals surface area contributed by atoms with Crippen molar-refractivity contribution in [3.8, 4) is 0 Å². The zero-order valence-corrected chi connectivity index (χ0v) is 7.67. The van der Waals surface area contributed by atoms with Crippen LogP contribution in [-0.4, -0.2) is 23.3 Å². The lowest BCUT2D eigenvalue weighted by molar-refractivity contribution is 0.110. The largest absolute Gasteiger partial charge is 0.391 e. The number of aliphatic hydroxyl groups is 1. The van der Waals surface area contributed by atoms with Crippen LogP contribution in [0.2, 0.25) is 0 Å². The molecule has 0 aromatic rings. The predicted molar refractivity (Wildman–Crippen MR) is 46.5 cm³/mol. The zero-order chi connectivity index (χ0) is 8.43. The first-order valence-electron chi connectivity index (χ1n) is 4.55. The third kappa shape index (κ3) is 2.17. The van der Waals surface area contributed by atoms with Crippen LogP contribution in [0.1, 0.15) is 33.6 Å². The lowest BCUT2D eigenvalue weighted by Gasteiger charge is -2.20. The summed E-state index contributed by atoms with van der Waals surface area (Å²) >= 11 is 0. The summed E-state index contributed by atoms with van der Waals surface area (Å²) < 4.78 is 0. The third-order valence-corrected chi connectivity index (χ3v) is 2.48. The molecule has 3 atom stereocenters. The zero-order valence-electron chi connectivity index (χ0n) is 7.67. The van der Waals surface area contributed by atoms with Gasteiger partial charge in [0, 0.05) is 12.1 Å². The number of rotatable bonds is 2. The van der Waals surface area contributed by atoms with E-state index in [1.807, 2.05) is 0 Å². The van der Waals surface area contributed by atoms with Gasteiger partial charge in [-0.2, -0.15) is 0 Å². The van der Waals surface area contributed by atoms with Crippen LogP contribution in [0.4, 0.5) is 0 Å². The van der Waals surface area contributed by atoms with Crippen LogP contribution < -0.4 is 5.32 Å². The molecule has 0 unspecified atom stereocenters. The Morgan fingerprint density at radius 1 is 1.36 bits per heavy atom. The molecular formula is C9H19NO. The van der Waals surface area contributed by atoms with Crippen molar-refractivity contribution in [1.82, 2.24) is 5.32 Å². The number of hydrogen-bond acceptors (Lipinski definition) is 2. The monoisotopic (exact) mass is 157 g/mol. The van der Waals surface area contributed by atoms with Crippen LogP contribution in [0, 0.1) is 5.92 Å². The average molecular weight is 157 g/mol. The van der Waals surface area contributed by atoms with Gasteiger partial charge in [0.25, 0.3) is 0 Å². The highest BCUT2D eigenvalue weighted by Gasteiger charge is 2.31. The van der Waals surface area contributed by atoms with Gasteiger partial charge in [0.2, 0.25) is 0 Å². The van der Waals surface area contributed by atoms with E-state index in [1.54, 1.807) is 0 Å². The Hall–Kier alpha value is -0.0800. The summed E-state index contributed by atoms with van der Waals surface area (Å²) in [5.41, 5.74) is 0. The Balaban J connectivity index is 2.36. The summed E-state index contributed by atoms with van der Waals surface area (Å²) in [5.74, 6) is 0.478. The van der Waals surface area contributed by atoms with Crippen LogP contribution in [0.5, 0.6) is 0 Å². The predicted octanol–water partition coefficient (Wildman–Crippen LogP) is 1.14. The maximum Gasteiger partial charge on any atom is 0.0718 e. The van der Waals surface area contributed by atoms with Crippen molar-refractivity contribution < 1.29 is 5.11 Å². The first-order chi connectivity index (χ1) is 5.11. The molecule has 0 aliphatic heterocycles. The molecule has 0 radical (unpaired) electrons. The van der Waals surface area contributed by atoms with Crippen LogP contribution >= 0.6 is 0 Å². The van der Waals surface area contributed by atoms with E-state index in [9.17, 15) is 5.11 Å². The molecule has 1 rings (SSSR count). The highest BCUT2D eigenvalue weighted by atomic mass is 16.3. The van der Waals surface area contributed by atoms with Gasteiger partial charge in [0.05, 0.1) is 6.10 Å². The van der Waals surface area contributed by atoms with Crippen molar-refractivity contribution in [2.75, 3.05) is 0 Å². The summed E-state index contributed by atoms with van der Waals surface area (Å²) in [6.45, 7) is 6.36. The molecule has 66 valence electrons. The molecular weight excluding hydrogens is 138 g/mol. The minimum absolute atomic E-state index is 0.127. The molecule has 0 heterocycles. The summed E-state index contributed by atoms with van der Waals surface area (Å²) in [4.78, 5) is 0. The molecule has 2 nitrogen and oxygen atoms in total. The van der Waals surface area contributed by atoms with Gasteiger partial charge in [-0.1, -0.05) is 20.8 Å². The lowest BCUT2D eigenvalue weighted by atomic mass is 10.1. The first-order valence-corrected chi connectivity index (χ1v) is 4.55. The summed E-state index contributed by atoms with van der Waals surface area (Å²) in [7, 11) is 0. The summed E-state index contributed by atoms with van der Waals surface area (Å²) in [6, 6.07) is 0.824. The van der Waals surface area contributed by atoms with Gasteiger partial charge < -0.3 is 10.4 Å². The van der Waals surface area contributed by atoms with Crippen molar-refractivity contribution in [2.24, 2.45) is 5.92 Å². The maximum atomic E-state index is 9.64. The second kappa shape index (κ2) is 3.55. The molecule has 1 aliphatic rings. The highest BCUT2D eigenvalue weighted by Crippen LogP contribution is 2.25. The van der Waals surface area contributed by atoms with E-state index in [1.165, 1.54) is 0 Å². The standard InChI is InChI=1S/C9H19NO/c1-6(2)10-8-5-4-7(3)9(8)11/h6-11H,4-5H2,1-3H3/t7-,8+,9+/m0/s1. The summed E-state index contributed by atoms with van der Waals surface area (Å²) in [6.07, 6.45) is 2.16. The number of nitrogens with one attached hydrogen (secondary N) is 1. The van der Waals surface area contributed by atoms with E-state index in [2.05, 4.69) is 26.1 Å². The van der Waals surface area contributed by atoms with E-state index in [-0.39, 0.29) is 6.10 Å². The Kier molecular flexibility index (Phi) is 2.90. The van der Waals surface area contributed by atoms with E-state index < -0.39 is 0 Å². The average Bonchev–Trinajstić information content (AvgIpc) is 2.18. The fourth-order valence-electron chi connectivity index (χ4n) is 1.79. The van der Waals surface area contributed by atoms with Crippen molar-refractivity contribution in [1.29, 1.82) is 0 Å². The molecule has 1 saturated carbocycles.